The van der Waals surface area contributed by atoms with E-state index < -0.39 is 20.5 Å². The summed E-state index contributed by atoms with van der Waals surface area (Å²) in [6.07, 6.45) is 0.642. The lowest BCUT2D eigenvalue weighted by Crippen LogP contribution is -2.67. The summed E-state index contributed by atoms with van der Waals surface area (Å²) in [5.74, 6) is 0.211. The smallest absolute Gasteiger partial charge is 0.231 e. The van der Waals surface area contributed by atoms with Gasteiger partial charge in [-0.1, -0.05) is 16.8 Å². The fourth-order valence-electron chi connectivity index (χ4n) is 3.94. The molecule has 8 nitrogen and oxygen atoms in total. The minimum Gasteiger partial charge on any atom is -0.384 e. The molecular weight excluding hydrogens is 406 g/mol. The summed E-state index contributed by atoms with van der Waals surface area (Å²) in [5.41, 5.74) is 0.735. The third kappa shape index (κ3) is 3.11. The van der Waals surface area contributed by atoms with E-state index in [9.17, 15) is 13.2 Å². The number of methoxy groups -OCH3 is 1. The minimum absolute atomic E-state index is 0.0520. The van der Waals surface area contributed by atoms with Crippen LogP contribution in [0.4, 0.5) is 0 Å². The molecule has 0 radical (unpaired) electrons. The Morgan fingerprint density at radius 3 is 2.75 bits per heavy atom. The topological polar surface area (TPSA) is 103 Å². The molecule has 0 bridgehead atoms. The monoisotopic (exact) mass is 425 g/mol. The van der Waals surface area contributed by atoms with Crippen molar-refractivity contribution in [3.63, 3.8) is 0 Å². The number of aromatic nitrogens is 2. The molecule has 1 spiro atoms. The van der Waals surface area contributed by atoms with E-state index >= 15 is 0 Å². The Morgan fingerprint density at radius 1 is 1.36 bits per heavy atom. The van der Waals surface area contributed by atoms with Gasteiger partial charge in [0.05, 0.1) is 24.7 Å². The van der Waals surface area contributed by atoms with Crippen LogP contribution in [0.5, 0.6) is 0 Å². The van der Waals surface area contributed by atoms with Gasteiger partial charge in [-0.25, -0.2) is 8.42 Å². The molecular formula is C18H20ClN3O5S. The zero-order valence-electron chi connectivity index (χ0n) is 15.3. The largest absolute Gasteiger partial charge is 0.384 e. The molecule has 1 atom stereocenters. The van der Waals surface area contributed by atoms with Gasteiger partial charge in [-0.05, 0) is 30.7 Å². The molecule has 0 N–H and O–H groups in total. The third-order valence-corrected chi connectivity index (χ3v) is 8.37. The Morgan fingerprint density at radius 2 is 2.07 bits per heavy atom. The van der Waals surface area contributed by atoms with Crippen molar-refractivity contribution in [3.05, 3.63) is 35.2 Å². The molecule has 3 heterocycles. The summed E-state index contributed by atoms with van der Waals surface area (Å²) < 4.78 is 34.9. The highest BCUT2D eigenvalue weighted by molar-refractivity contribution is 7.93. The Bertz CT molecular complexity index is 983. The molecule has 1 aromatic carbocycles. The van der Waals surface area contributed by atoms with E-state index in [-0.39, 0.29) is 31.2 Å². The predicted octanol–water partition coefficient (Wildman–Crippen LogP) is 1.91. The van der Waals surface area contributed by atoms with E-state index in [0.29, 0.717) is 29.8 Å². The maximum atomic E-state index is 12.8. The molecule has 10 heteroatoms. The van der Waals surface area contributed by atoms with E-state index in [4.69, 9.17) is 20.9 Å². The second-order valence-electron chi connectivity index (χ2n) is 7.18. The number of amides is 1. The van der Waals surface area contributed by atoms with E-state index in [1.54, 1.807) is 29.2 Å². The van der Waals surface area contributed by atoms with Crippen LogP contribution in [-0.2, 0) is 19.4 Å². The van der Waals surface area contributed by atoms with E-state index in [1.165, 1.54) is 7.11 Å². The van der Waals surface area contributed by atoms with Gasteiger partial charge in [-0.2, -0.15) is 4.98 Å². The number of hydrogen-bond donors (Lipinski definition) is 0. The second kappa shape index (κ2) is 7.13. The average Bonchev–Trinajstić information content (AvgIpc) is 3.21. The first-order valence-corrected chi connectivity index (χ1v) is 11.0. The first-order chi connectivity index (χ1) is 13.4. The van der Waals surface area contributed by atoms with Crippen molar-refractivity contribution in [2.75, 3.05) is 32.6 Å². The Hall–Kier alpha value is -1.97. The van der Waals surface area contributed by atoms with Gasteiger partial charge in [0.25, 0.3) is 0 Å². The van der Waals surface area contributed by atoms with Crippen LogP contribution < -0.4 is 0 Å². The molecule has 2 fully saturated rings. The van der Waals surface area contributed by atoms with Gasteiger partial charge in [0.1, 0.15) is 4.75 Å². The highest BCUT2D eigenvalue weighted by atomic mass is 35.5. The highest BCUT2D eigenvalue weighted by Crippen LogP contribution is 2.49. The van der Waals surface area contributed by atoms with E-state index in [1.807, 2.05) is 0 Å². The van der Waals surface area contributed by atoms with Gasteiger partial charge in [0.15, 0.2) is 9.84 Å². The van der Waals surface area contributed by atoms with Crippen molar-refractivity contribution >= 4 is 27.3 Å². The first-order valence-electron chi connectivity index (χ1n) is 8.95. The second-order valence-corrected chi connectivity index (χ2v) is 10.1. The van der Waals surface area contributed by atoms with Crippen molar-refractivity contribution in [2.45, 2.75) is 23.5 Å². The van der Waals surface area contributed by atoms with Crippen molar-refractivity contribution < 1.29 is 22.5 Å². The van der Waals surface area contributed by atoms with Crippen molar-refractivity contribution in [3.8, 4) is 11.4 Å². The maximum Gasteiger partial charge on any atom is 0.231 e. The van der Waals surface area contributed by atoms with E-state index in [2.05, 4.69) is 10.1 Å². The third-order valence-electron chi connectivity index (χ3n) is 5.56. The number of halogens is 1. The summed E-state index contributed by atoms with van der Waals surface area (Å²) in [4.78, 5) is 18.2. The summed E-state index contributed by atoms with van der Waals surface area (Å²) in [5, 5.41) is 4.60. The van der Waals surface area contributed by atoms with Crippen LogP contribution in [0.3, 0.4) is 0 Å². The van der Waals surface area contributed by atoms with Gasteiger partial charge in [-0.3, -0.25) is 4.79 Å². The number of ether oxygens (including phenoxy) is 1. The van der Waals surface area contributed by atoms with Crippen LogP contribution >= 0.6 is 11.6 Å². The van der Waals surface area contributed by atoms with Gasteiger partial charge in [-0.15, -0.1) is 0 Å². The zero-order chi connectivity index (χ0) is 19.9. The molecule has 0 saturated carbocycles. The molecule has 4 rings (SSSR count). The minimum atomic E-state index is -3.37. The number of benzene rings is 1. The molecule has 28 heavy (non-hydrogen) atoms. The van der Waals surface area contributed by atoms with Crippen LogP contribution in [-0.4, -0.2) is 66.7 Å². The first kappa shape index (κ1) is 19.4. The Labute approximate surface area is 167 Å². The number of sulfone groups is 1. The number of nitrogens with zero attached hydrogens (tertiary/aromatic N) is 3. The Kier molecular flexibility index (Phi) is 4.93. The number of carbonyl (C=O) groups is 1. The predicted molar refractivity (Wildman–Crippen MR) is 102 cm³/mol. The normalized spacial score (nSPS) is 22.4. The molecule has 150 valence electrons. The Balaban J connectivity index is 1.56. The fraction of sp³-hybridized carbons (Fsp3) is 0.500. The van der Waals surface area contributed by atoms with Crippen LogP contribution in [0, 0.1) is 0 Å². The average molecular weight is 426 g/mol. The quantitative estimate of drug-likeness (QED) is 0.720. The maximum absolute atomic E-state index is 12.8. The lowest BCUT2D eigenvalue weighted by Gasteiger charge is -2.49. The lowest BCUT2D eigenvalue weighted by molar-refractivity contribution is -0.137. The fourth-order valence-corrected chi connectivity index (χ4v) is 6.37. The summed E-state index contributed by atoms with van der Waals surface area (Å²) in [6.45, 7) is 0.620. The van der Waals surface area contributed by atoms with Crippen molar-refractivity contribution in [1.82, 2.24) is 15.0 Å². The SMILES string of the molecule is COCCC(=O)N1CC2(C1)C(c1nc(-c3ccc(Cl)cc3)no1)CCS2(=O)=O. The van der Waals surface area contributed by atoms with Gasteiger partial charge in [0.2, 0.25) is 17.6 Å². The molecule has 1 aromatic heterocycles. The van der Waals surface area contributed by atoms with E-state index in [0.717, 1.165) is 5.56 Å². The zero-order valence-corrected chi connectivity index (χ0v) is 16.9. The van der Waals surface area contributed by atoms with Gasteiger partial charge < -0.3 is 14.2 Å². The van der Waals surface area contributed by atoms with Crippen LogP contribution in [0.15, 0.2) is 28.8 Å². The standard InChI is InChI=1S/C18H20ClN3O5S/c1-26-8-6-15(23)22-10-18(11-22)14(7-9-28(18,24)25)17-20-16(21-27-17)12-2-4-13(19)5-3-12/h2-5,14H,6-11H2,1H3. The highest BCUT2D eigenvalue weighted by Gasteiger charge is 2.64. The summed E-state index contributed by atoms with van der Waals surface area (Å²) in [6, 6.07) is 7.00. The number of hydrogen-bond acceptors (Lipinski definition) is 7. The van der Waals surface area contributed by atoms with Gasteiger partial charge in [0, 0.05) is 30.8 Å². The number of likely N-dealkylation sites (tertiary alicyclic amines) is 1. The molecule has 1 amide bonds. The molecule has 2 aromatic rings. The van der Waals surface area contributed by atoms with Crippen molar-refractivity contribution in [1.29, 1.82) is 0 Å². The molecule has 2 aliphatic rings. The summed E-state index contributed by atoms with van der Waals surface area (Å²) >= 11 is 5.90. The molecule has 0 aliphatic carbocycles. The summed E-state index contributed by atoms with van der Waals surface area (Å²) in [7, 11) is -1.84. The van der Waals surface area contributed by atoms with Crippen LogP contribution in [0.1, 0.15) is 24.7 Å². The van der Waals surface area contributed by atoms with Crippen molar-refractivity contribution in [2.24, 2.45) is 0 Å². The molecule has 2 aliphatic heterocycles. The van der Waals surface area contributed by atoms with Crippen LogP contribution in [0.2, 0.25) is 5.02 Å². The van der Waals surface area contributed by atoms with Crippen LogP contribution in [0.25, 0.3) is 11.4 Å². The number of carbonyl (C=O) groups excluding carboxylic acids is 1. The lowest BCUT2D eigenvalue weighted by atomic mass is 9.83. The molecule has 1 unspecified atom stereocenters. The molecule has 2 saturated heterocycles. The van der Waals surface area contributed by atoms with Gasteiger partial charge >= 0.3 is 0 Å². The number of rotatable bonds is 5.